The van der Waals surface area contributed by atoms with Crippen molar-refractivity contribution in [3.05, 3.63) is 63.9 Å². The molecule has 1 aliphatic heterocycles. The summed E-state index contributed by atoms with van der Waals surface area (Å²) in [6.45, 7) is 3.80. The summed E-state index contributed by atoms with van der Waals surface area (Å²) in [6, 6.07) is 11.5. The van der Waals surface area contributed by atoms with Gasteiger partial charge in [-0.25, -0.2) is 0 Å². The Labute approximate surface area is 147 Å². The summed E-state index contributed by atoms with van der Waals surface area (Å²) in [5.41, 5.74) is 1.07. The van der Waals surface area contributed by atoms with E-state index in [2.05, 4.69) is 6.58 Å². The van der Waals surface area contributed by atoms with Gasteiger partial charge >= 0.3 is 0 Å². The first-order valence-corrected chi connectivity index (χ1v) is 8.81. The Bertz CT molecular complexity index is 808. The van der Waals surface area contributed by atoms with Crippen molar-refractivity contribution >= 4 is 51.9 Å². The molecule has 2 amide bonds. The van der Waals surface area contributed by atoms with Gasteiger partial charge in [0.1, 0.15) is 0 Å². The van der Waals surface area contributed by atoms with Gasteiger partial charge in [-0.1, -0.05) is 29.8 Å². The fourth-order valence-corrected chi connectivity index (χ4v) is 4.11. The number of thiophene rings is 1. The summed E-state index contributed by atoms with van der Waals surface area (Å²) in [7, 11) is 0. The molecule has 2 heterocycles. The van der Waals surface area contributed by atoms with Crippen molar-refractivity contribution in [2.24, 2.45) is 0 Å². The maximum Gasteiger partial charge on any atom is 0.293 e. The van der Waals surface area contributed by atoms with Crippen molar-refractivity contribution < 1.29 is 9.59 Å². The average molecular weight is 362 g/mol. The first kappa shape index (κ1) is 16.1. The predicted molar refractivity (Wildman–Crippen MR) is 97.6 cm³/mol. The zero-order valence-corrected chi connectivity index (χ0v) is 14.4. The molecule has 23 heavy (non-hydrogen) atoms. The summed E-state index contributed by atoms with van der Waals surface area (Å²) in [4.78, 5) is 27.6. The van der Waals surface area contributed by atoms with E-state index in [1.54, 1.807) is 23.5 Å². The number of benzene rings is 1. The summed E-state index contributed by atoms with van der Waals surface area (Å²) < 4.78 is 0. The number of carbonyl (C=O) groups is 2. The van der Waals surface area contributed by atoms with E-state index in [1.165, 1.54) is 4.90 Å². The van der Waals surface area contributed by atoms with E-state index >= 15 is 0 Å². The third-order valence-electron chi connectivity index (χ3n) is 3.21. The maximum atomic E-state index is 12.2. The van der Waals surface area contributed by atoms with Gasteiger partial charge in [0, 0.05) is 21.3 Å². The molecule has 6 heteroatoms. The van der Waals surface area contributed by atoms with Gasteiger partial charge in [-0.2, -0.15) is 0 Å². The third kappa shape index (κ3) is 3.42. The fraction of sp³-hybridized carbons (Fsp3) is 0.0588. The van der Waals surface area contributed by atoms with Crippen LogP contribution in [0.3, 0.4) is 0 Å². The minimum Gasteiger partial charge on any atom is -0.268 e. The minimum absolute atomic E-state index is 0.239. The topological polar surface area (TPSA) is 37.4 Å². The second kappa shape index (κ2) is 6.74. The number of amides is 2. The highest BCUT2D eigenvalue weighted by molar-refractivity contribution is 8.18. The van der Waals surface area contributed by atoms with Crippen LogP contribution in [-0.2, 0) is 4.79 Å². The van der Waals surface area contributed by atoms with E-state index in [-0.39, 0.29) is 17.7 Å². The van der Waals surface area contributed by atoms with Gasteiger partial charge in [0.05, 0.1) is 4.91 Å². The van der Waals surface area contributed by atoms with Crippen LogP contribution in [0.1, 0.15) is 4.88 Å². The molecule has 1 aromatic heterocycles. The van der Waals surface area contributed by atoms with Crippen LogP contribution in [0.25, 0.3) is 16.5 Å². The molecule has 1 aliphatic rings. The highest BCUT2D eigenvalue weighted by atomic mass is 35.5. The van der Waals surface area contributed by atoms with Crippen LogP contribution in [0.2, 0.25) is 5.02 Å². The highest BCUT2D eigenvalue weighted by Crippen LogP contribution is 2.35. The maximum absolute atomic E-state index is 12.2. The van der Waals surface area contributed by atoms with E-state index in [0.29, 0.717) is 9.93 Å². The zero-order valence-electron chi connectivity index (χ0n) is 12.0. The Morgan fingerprint density at radius 2 is 1.87 bits per heavy atom. The van der Waals surface area contributed by atoms with Gasteiger partial charge in [-0.15, -0.1) is 17.9 Å². The first-order chi connectivity index (χ1) is 11.1. The number of imide groups is 1. The molecule has 3 nitrogen and oxygen atoms in total. The van der Waals surface area contributed by atoms with Gasteiger partial charge in [-0.3, -0.25) is 14.5 Å². The van der Waals surface area contributed by atoms with Gasteiger partial charge in [0.25, 0.3) is 11.1 Å². The van der Waals surface area contributed by atoms with Crippen molar-refractivity contribution in [1.82, 2.24) is 4.90 Å². The molecule has 0 spiro atoms. The number of hydrogen-bond acceptors (Lipinski definition) is 4. The van der Waals surface area contributed by atoms with Gasteiger partial charge in [-0.05, 0) is 47.7 Å². The molecule has 0 atom stereocenters. The van der Waals surface area contributed by atoms with Crippen molar-refractivity contribution in [1.29, 1.82) is 0 Å². The van der Waals surface area contributed by atoms with Crippen LogP contribution in [-0.4, -0.2) is 22.6 Å². The molecular formula is C17H12ClNO2S2. The lowest BCUT2D eigenvalue weighted by Gasteiger charge is -2.07. The lowest BCUT2D eigenvalue weighted by Crippen LogP contribution is -2.27. The lowest BCUT2D eigenvalue weighted by atomic mass is 10.2. The summed E-state index contributed by atoms with van der Waals surface area (Å²) in [6.07, 6.45) is 3.31. The van der Waals surface area contributed by atoms with E-state index in [1.807, 2.05) is 36.4 Å². The first-order valence-electron chi connectivity index (χ1n) is 6.80. The lowest BCUT2D eigenvalue weighted by molar-refractivity contribution is -0.122. The van der Waals surface area contributed by atoms with Crippen LogP contribution in [0, 0.1) is 0 Å². The number of halogens is 1. The normalized spacial score (nSPS) is 16.4. The standard InChI is InChI=1S/C17H12ClNO2S2/c1-2-9-19-16(20)15(23-17(19)21)10-13-7-8-14(22-13)11-3-5-12(18)6-4-11/h2-8,10H,1,9H2/b15-10-. The van der Waals surface area contributed by atoms with Crippen molar-refractivity contribution in [2.75, 3.05) is 6.54 Å². The van der Waals surface area contributed by atoms with Crippen LogP contribution in [0.15, 0.2) is 54.0 Å². The molecule has 0 unspecified atom stereocenters. The van der Waals surface area contributed by atoms with Crippen molar-refractivity contribution in [3.8, 4) is 10.4 Å². The van der Waals surface area contributed by atoms with Gasteiger partial charge < -0.3 is 0 Å². The quantitative estimate of drug-likeness (QED) is 0.548. The average Bonchev–Trinajstić information content (AvgIpc) is 3.09. The number of nitrogens with zero attached hydrogens (tertiary/aromatic N) is 1. The highest BCUT2D eigenvalue weighted by Gasteiger charge is 2.34. The Kier molecular flexibility index (Phi) is 4.71. The van der Waals surface area contributed by atoms with Crippen LogP contribution in [0.4, 0.5) is 4.79 Å². The van der Waals surface area contributed by atoms with E-state index in [0.717, 1.165) is 27.1 Å². The summed E-state index contributed by atoms with van der Waals surface area (Å²) >= 11 is 8.42. The van der Waals surface area contributed by atoms with Crippen LogP contribution in [0.5, 0.6) is 0 Å². The second-order valence-electron chi connectivity index (χ2n) is 4.79. The SMILES string of the molecule is C=CCN1C(=O)S/C(=C\c2ccc(-c3ccc(Cl)cc3)s2)C1=O. The number of hydrogen-bond donors (Lipinski definition) is 0. The van der Waals surface area contributed by atoms with Crippen LogP contribution < -0.4 is 0 Å². The largest absolute Gasteiger partial charge is 0.293 e. The number of carbonyl (C=O) groups excluding carboxylic acids is 2. The van der Waals surface area contributed by atoms with E-state index in [4.69, 9.17) is 11.6 Å². The Balaban J connectivity index is 1.84. The van der Waals surface area contributed by atoms with E-state index in [9.17, 15) is 9.59 Å². The Morgan fingerprint density at radius 3 is 2.57 bits per heavy atom. The Hall–Kier alpha value is -1.82. The predicted octanol–water partition coefficient (Wildman–Crippen LogP) is 5.29. The fourth-order valence-electron chi connectivity index (χ4n) is 2.12. The molecule has 116 valence electrons. The Morgan fingerprint density at radius 1 is 1.13 bits per heavy atom. The monoisotopic (exact) mass is 361 g/mol. The smallest absolute Gasteiger partial charge is 0.268 e. The molecular weight excluding hydrogens is 350 g/mol. The molecule has 1 saturated heterocycles. The molecule has 1 fully saturated rings. The zero-order chi connectivity index (χ0) is 16.4. The number of thioether (sulfide) groups is 1. The van der Waals surface area contributed by atoms with Gasteiger partial charge in [0.15, 0.2) is 0 Å². The number of rotatable bonds is 4. The molecule has 0 radical (unpaired) electrons. The summed E-state index contributed by atoms with van der Waals surface area (Å²) in [5, 5.41) is 0.442. The molecule has 0 aliphatic carbocycles. The molecule has 0 saturated carbocycles. The summed E-state index contributed by atoms with van der Waals surface area (Å²) in [5.74, 6) is -0.263. The van der Waals surface area contributed by atoms with Crippen molar-refractivity contribution in [3.63, 3.8) is 0 Å². The second-order valence-corrected chi connectivity index (χ2v) is 7.33. The molecule has 1 aromatic carbocycles. The van der Waals surface area contributed by atoms with Crippen LogP contribution >= 0.6 is 34.7 Å². The van der Waals surface area contributed by atoms with Crippen molar-refractivity contribution in [2.45, 2.75) is 0 Å². The molecule has 0 bridgehead atoms. The van der Waals surface area contributed by atoms with Gasteiger partial charge in [0.2, 0.25) is 0 Å². The minimum atomic E-state index is -0.263. The molecule has 0 N–H and O–H groups in total. The third-order valence-corrected chi connectivity index (χ3v) is 5.45. The van der Waals surface area contributed by atoms with E-state index < -0.39 is 0 Å². The molecule has 3 rings (SSSR count). The molecule has 2 aromatic rings.